The third-order valence-corrected chi connectivity index (χ3v) is 2.20. The van der Waals surface area contributed by atoms with Crippen molar-refractivity contribution < 1.29 is 13.2 Å². The maximum Gasteiger partial charge on any atom is 0.196 e. The van der Waals surface area contributed by atoms with Gasteiger partial charge in [-0.25, -0.2) is 13.2 Å². The van der Waals surface area contributed by atoms with E-state index in [1.807, 2.05) is 0 Å². The monoisotopic (exact) mass is 203 g/mol. The van der Waals surface area contributed by atoms with Crippen LogP contribution in [0.15, 0.2) is 4.90 Å². The van der Waals surface area contributed by atoms with Gasteiger partial charge in [0, 0.05) is 10.5 Å². The smallest absolute Gasteiger partial charge is 0.196 e. The molecule has 1 rings (SSSR count). The highest BCUT2D eigenvalue weighted by Crippen LogP contribution is 2.26. The van der Waals surface area contributed by atoms with Crippen LogP contribution in [0.25, 0.3) is 0 Å². The summed E-state index contributed by atoms with van der Waals surface area (Å²) in [6.07, 6.45) is 0. The van der Waals surface area contributed by atoms with Gasteiger partial charge in [0.15, 0.2) is 17.5 Å². The van der Waals surface area contributed by atoms with Gasteiger partial charge in [-0.05, 0) is 6.92 Å². The molecular formula is C8H4F3NS. The summed E-state index contributed by atoms with van der Waals surface area (Å²) in [7, 11) is 0. The molecule has 0 fully saturated rings. The lowest BCUT2D eigenvalue weighted by Crippen LogP contribution is -2.00. The second-order valence-electron chi connectivity index (χ2n) is 2.40. The number of benzene rings is 1. The standard InChI is InChI=1S/C8H4F3NS/c1-3-5(9)7(11)6(10)4(2-12)8(3)13/h13H,1H3. The van der Waals surface area contributed by atoms with Crippen molar-refractivity contribution in [3.05, 3.63) is 28.6 Å². The largest absolute Gasteiger partial charge is 0.203 e. The number of nitriles is 1. The molecule has 0 amide bonds. The summed E-state index contributed by atoms with van der Waals surface area (Å²) >= 11 is 3.71. The van der Waals surface area contributed by atoms with Crippen molar-refractivity contribution in [2.45, 2.75) is 11.8 Å². The van der Waals surface area contributed by atoms with Gasteiger partial charge < -0.3 is 0 Å². The SMILES string of the molecule is Cc1c(F)c(F)c(F)c(C#N)c1S. The van der Waals surface area contributed by atoms with E-state index >= 15 is 0 Å². The van der Waals surface area contributed by atoms with Gasteiger partial charge >= 0.3 is 0 Å². The Bertz CT molecular complexity index is 380. The van der Waals surface area contributed by atoms with E-state index in [1.165, 1.54) is 13.0 Å². The molecule has 0 aliphatic carbocycles. The zero-order valence-electron chi connectivity index (χ0n) is 6.53. The minimum absolute atomic E-state index is 0.168. The van der Waals surface area contributed by atoms with Gasteiger partial charge in [0.1, 0.15) is 11.6 Å². The van der Waals surface area contributed by atoms with Gasteiger partial charge in [-0.15, -0.1) is 12.6 Å². The summed E-state index contributed by atoms with van der Waals surface area (Å²) in [5, 5.41) is 8.41. The quantitative estimate of drug-likeness (QED) is 0.508. The van der Waals surface area contributed by atoms with Crippen molar-refractivity contribution in [3.8, 4) is 6.07 Å². The summed E-state index contributed by atoms with van der Waals surface area (Å²) in [5.41, 5.74) is -0.737. The molecule has 13 heavy (non-hydrogen) atoms. The van der Waals surface area contributed by atoms with Crippen molar-refractivity contribution >= 4 is 12.6 Å². The molecule has 0 saturated carbocycles. The van der Waals surface area contributed by atoms with E-state index in [9.17, 15) is 13.2 Å². The Labute approximate surface area is 78.2 Å². The van der Waals surface area contributed by atoms with E-state index in [2.05, 4.69) is 12.6 Å². The zero-order chi connectivity index (χ0) is 10.2. The summed E-state index contributed by atoms with van der Waals surface area (Å²) in [5.74, 6) is -4.43. The average molecular weight is 203 g/mol. The Balaban J connectivity index is 3.69. The lowest BCUT2D eigenvalue weighted by Gasteiger charge is -2.05. The van der Waals surface area contributed by atoms with Crippen LogP contribution in [-0.2, 0) is 0 Å². The molecule has 0 aromatic heterocycles. The van der Waals surface area contributed by atoms with Crippen molar-refractivity contribution in [2.24, 2.45) is 0 Å². The van der Waals surface area contributed by atoms with Crippen molar-refractivity contribution in [3.63, 3.8) is 0 Å². The Morgan fingerprint density at radius 2 is 1.69 bits per heavy atom. The number of halogens is 3. The fourth-order valence-corrected chi connectivity index (χ4v) is 1.11. The molecule has 0 saturated heterocycles. The first-order valence-electron chi connectivity index (χ1n) is 3.26. The Morgan fingerprint density at radius 1 is 1.15 bits per heavy atom. The second-order valence-corrected chi connectivity index (χ2v) is 2.85. The summed E-state index contributed by atoms with van der Waals surface area (Å²) in [6.45, 7) is 1.22. The van der Waals surface area contributed by atoms with Gasteiger partial charge in [0.05, 0.1) is 0 Å². The van der Waals surface area contributed by atoms with E-state index < -0.39 is 23.0 Å². The van der Waals surface area contributed by atoms with E-state index in [1.54, 1.807) is 0 Å². The Kier molecular flexibility index (Phi) is 2.52. The highest BCUT2D eigenvalue weighted by Gasteiger charge is 2.20. The van der Waals surface area contributed by atoms with Gasteiger partial charge in [0.2, 0.25) is 0 Å². The number of nitrogens with zero attached hydrogens (tertiary/aromatic N) is 1. The van der Waals surface area contributed by atoms with Crippen LogP contribution in [0.4, 0.5) is 13.2 Å². The van der Waals surface area contributed by atoms with E-state index in [-0.39, 0.29) is 10.5 Å². The molecule has 68 valence electrons. The zero-order valence-corrected chi connectivity index (χ0v) is 7.42. The first-order valence-corrected chi connectivity index (χ1v) is 3.71. The van der Waals surface area contributed by atoms with Gasteiger partial charge in [-0.3, -0.25) is 0 Å². The number of hydrogen-bond donors (Lipinski definition) is 1. The van der Waals surface area contributed by atoms with Crippen LogP contribution in [0.1, 0.15) is 11.1 Å². The molecular weight excluding hydrogens is 199 g/mol. The van der Waals surface area contributed by atoms with Crippen LogP contribution in [0.2, 0.25) is 0 Å². The Hall–Kier alpha value is -1.15. The fraction of sp³-hybridized carbons (Fsp3) is 0.125. The summed E-state index contributed by atoms with van der Waals surface area (Å²) in [6, 6.07) is 1.41. The first kappa shape index (κ1) is 9.93. The summed E-state index contributed by atoms with van der Waals surface area (Å²) < 4.78 is 38.3. The van der Waals surface area contributed by atoms with Crippen LogP contribution in [0, 0.1) is 35.7 Å². The molecule has 5 heteroatoms. The van der Waals surface area contributed by atoms with Crippen LogP contribution < -0.4 is 0 Å². The minimum atomic E-state index is -1.63. The maximum atomic E-state index is 12.8. The molecule has 0 spiro atoms. The van der Waals surface area contributed by atoms with E-state index in [0.717, 1.165) is 0 Å². The van der Waals surface area contributed by atoms with E-state index in [4.69, 9.17) is 5.26 Å². The molecule has 0 heterocycles. The number of rotatable bonds is 0. The second kappa shape index (κ2) is 3.30. The topological polar surface area (TPSA) is 23.8 Å². The number of hydrogen-bond acceptors (Lipinski definition) is 2. The highest BCUT2D eigenvalue weighted by atomic mass is 32.1. The van der Waals surface area contributed by atoms with Crippen molar-refractivity contribution in [2.75, 3.05) is 0 Å². The van der Waals surface area contributed by atoms with Crippen LogP contribution in [-0.4, -0.2) is 0 Å². The first-order chi connectivity index (χ1) is 6.00. The van der Waals surface area contributed by atoms with Gasteiger partial charge in [0.25, 0.3) is 0 Å². The molecule has 0 bridgehead atoms. The molecule has 0 aliphatic rings. The molecule has 1 aromatic rings. The van der Waals surface area contributed by atoms with Crippen molar-refractivity contribution in [1.82, 2.24) is 0 Å². The molecule has 0 aliphatic heterocycles. The molecule has 1 nitrogen and oxygen atoms in total. The highest BCUT2D eigenvalue weighted by molar-refractivity contribution is 7.80. The Morgan fingerprint density at radius 3 is 2.15 bits per heavy atom. The fourth-order valence-electron chi connectivity index (χ4n) is 0.868. The van der Waals surface area contributed by atoms with Crippen LogP contribution in [0.3, 0.4) is 0 Å². The van der Waals surface area contributed by atoms with Gasteiger partial charge in [-0.2, -0.15) is 5.26 Å². The lowest BCUT2D eigenvalue weighted by atomic mass is 10.1. The molecule has 0 atom stereocenters. The number of thiol groups is 1. The van der Waals surface area contributed by atoms with Crippen molar-refractivity contribution in [1.29, 1.82) is 5.26 Å². The summed E-state index contributed by atoms with van der Waals surface area (Å²) in [4.78, 5) is -0.168. The normalized spacial score (nSPS) is 9.85. The third-order valence-electron chi connectivity index (χ3n) is 1.64. The van der Waals surface area contributed by atoms with Gasteiger partial charge in [-0.1, -0.05) is 0 Å². The molecule has 0 radical (unpaired) electrons. The third kappa shape index (κ3) is 1.38. The van der Waals surface area contributed by atoms with E-state index in [0.29, 0.717) is 0 Å². The molecule has 0 N–H and O–H groups in total. The lowest BCUT2D eigenvalue weighted by molar-refractivity contribution is 0.437. The molecule has 1 aromatic carbocycles. The molecule has 0 unspecified atom stereocenters. The van der Waals surface area contributed by atoms with Crippen LogP contribution in [0.5, 0.6) is 0 Å². The maximum absolute atomic E-state index is 12.8. The van der Waals surface area contributed by atoms with Crippen LogP contribution >= 0.6 is 12.6 Å². The minimum Gasteiger partial charge on any atom is -0.203 e. The predicted molar refractivity (Wildman–Crippen MR) is 43.0 cm³/mol. The average Bonchev–Trinajstić information content (AvgIpc) is 2.13. The predicted octanol–water partition coefficient (Wildman–Crippen LogP) is 2.57.